The molecule has 1 aliphatic rings. The van der Waals surface area contributed by atoms with Crippen molar-refractivity contribution in [1.82, 2.24) is 4.90 Å². The molecule has 18 heavy (non-hydrogen) atoms. The normalized spacial score (nSPS) is 14.1. The fourth-order valence-electron chi connectivity index (χ4n) is 1.75. The van der Waals surface area contributed by atoms with Crippen LogP contribution in [0.2, 0.25) is 0 Å². The summed E-state index contributed by atoms with van der Waals surface area (Å²) in [5.41, 5.74) is 0. The molecule has 4 heteroatoms. The van der Waals surface area contributed by atoms with Gasteiger partial charge < -0.3 is 0 Å². The lowest BCUT2D eigenvalue weighted by Gasteiger charge is -2.11. The van der Waals surface area contributed by atoms with Gasteiger partial charge in [-0.2, -0.15) is 0 Å². The maximum absolute atomic E-state index is 11.4. The third-order valence-electron chi connectivity index (χ3n) is 2.97. The minimum Gasteiger partial charge on any atom is -0.299 e. The van der Waals surface area contributed by atoms with Crippen molar-refractivity contribution < 1.29 is 14.4 Å². The van der Waals surface area contributed by atoms with Crippen LogP contribution in [-0.2, 0) is 14.4 Å². The predicted octanol–water partition coefficient (Wildman–Crippen LogP) is 1.53. The van der Waals surface area contributed by atoms with Crippen LogP contribution in [0.4, 0.5) is 0 Å². The Morgan fingerprint density at radius 2 is 1.61 bits per heavy atom. The van der Waals surface area contributed by atoms with E-state index in [4.69, 9.17) is 0 Å². The summed E-state index contributed by atoms with van der Waals surface area (Å²) in [7, 11) is 0. The van der Waals surface area contributed by atoms with Gasteiger partial charge in [-0.25, -0.2) is 0 Å². The van der Waals surface area contributed by atoms with Crippen LogP contribution in [0, 0.1) is 17.8 Å². The van der Waals surface area contributed by atoms with Gasteiger partial charge in [-0.1, -0.05) is 26.7 Å². The average molecular weight is 249 g/mol. The fraction of sp³-hybridized carbons (Fsp3) is 0.643. The van der Waals surface area contributed by atoms with Gasteiger partial charge in [-0.3, -0.25) is 19.3 Å². The molecule has 0 saturated carbocycles. The fourth-order valence-corrected chi connectivity index (χ4v) is 1.75. The minimum atomic E-state index is -0.394. The zero-order chi connectivity index (χ0) is 13.5. The molecule has 4 nitrogen and oxygen atoms in total. The van der Waals surface area contributed by atoms with Crippen LogP contribution < -0.4 is 0 Å². The van der Waals surface area contributed by atoms with E-state index in [9.17, 15) is 14.4 Å². The highest BCUT2D eigenvalue weighted by Gasteiger charge is 2.22. The molecule has 1 heterocycles. The summed E-state index contributed by atoms with van der Waals surface area (Å²) in [6.07, 6.45) is 4.16. The summed E-state index contributed by atoms with van der Waals surface area (Å²) < 4.78 is 0. The SMILES string of the molecule is CC(C)C(=O)CCCCCCN1C(=O)C#CC1=O. The molecule has 0 aliphatic carbocycles. The molecule has 0 unspecified atom stereocenters. The summed E-state index contributed by atoms with van der Waals surface area (Å²) in [5, 5.41) is 0. The molecular formula is C14H19NO3. The minimum absolute atomic E-state index is 0.113. The van der Waals surface area contributed by atoms with Gasteiger partial charge in [0.25, 0.3) is 0 Å². The summed E-state index contributed by atoms with van der Waals surface area (Å²) in [6, 6.07) is 0. The van der Waals surface area contributed by atoms with Gasteiger partial charge >= 0.3 is 11.8 Å². The maximum atomic E-state index is 11.4. The number of Topliss-reactive ketones (excluding diaryl/α,β-unsaturated/α-hetero) is 1. The van der Waals surface area contributed by atoms with E-state index in [1.54, 1.807) is 0 Å². The molecule has 1 rings (SSSR count). The summed E-state index contributed by atoms with van der Waals surface area (Å²) in [6.45, 7) is 4.25. The Labute approximate surface area is 108 Å². The van der Waals surface area contributed by atoms with Crippen LogP contribution in [-0.4, -0.2) is 29.0 Å². The molecule has 0 fully saturated rings. The number of unbranched alkanes of at least 4 members (excludes halogenated alkanes) is 3. The van der Waals surface area contributed by atoms with E-state index in [2.05, 4.69) is 11.8 Å². The third kappa shape index (κ3) is 4.33. The first-order valence-corrected chi connectivity index (χ1v) is 6.42. The van der Waals surface area contributed by atoms with Gasteiger partial charge in [0.1, 0.15) is 5.78 Å². The molecule has 0 saturated heterocycles. The van der Waals surface area contributed by atoms with E-state index in [1.807, 2.05) is 13.8 Å². The number of carbonyl (C=O) groups excluding carboxylic acids is 3. The Bertz CT molecular complexity index is 381. The largest absolute Gasteiger partial charge is 0.306 e. The van der Waals surface area contributed by atoms with Crippen LogP contribution >= 0.6 is 0 Å². The lowest BCUT2D eigenvalue weighted by Crippen LogP contribution is -2.31. The van der Waals surface area contributed by atoms with E-state index in [0.29, 0.717) is 18.7 Å². The molecule has 0 radical (unpaired) electrons. The molecule has 0 spiro atoms. The van der Waals surface area contributed by atoms with Crippen molar-refractivity contribution in [2.24, 2.45) is 5.92 Å². The first kappa shape index (κ1) is 14.4. The highest BCUT2D eigenvalue weighted by Crippen LogP contribution is 2.09. The average Bonchev–Trinajstić information content (AvgIpc) is 2.64. The molecule has 0 N–H and O–H groups in total. The van der Waals surface area contributed by atoms with Crippen LogP contribution in [0.1, 0.15) is 46.0 Å². The second-order valence-corrected chi connectivity index (χ2v) is 4.80. The van der Waals surface area contributed by atoms with Gasteiger partial charge in [0.15, 0.2) is 0 Å². The van der Waals surface area contributed by atoms with E-state index in [1.165, 1.54) is 0 Å². The van der Waals surface area contributed by atoms with Crippen molar-refractivity contribution in [2.45, 2.75) is 46.0 Å². The van der Waals surface area contributed by atoms with Gasteiger partial charge in [0.2, 0.25) is 0 Å². The number of hydrogen-bond acceptors (Lipinski definition) is 3. The van der Waals surface area contributed by atoms with Crippen LogP contribution in [0.15, 0.2) is 0 Å². The second kappa shape index (κ2) is 6.95. The Kier molecular flexibility index (Phi) is 5.57. The quantitative estimate of drug-likeness (QED) is 0.372. The van der Waals surface area contributed by atoms with Gasteiger partial charge in [-0.15, -0.1) is 0 Å². The van der Waals surface area contributed by atoms with Crippen molar-refractivity contribution in [3.8, 4) is 11.8 Å². The Hall–Kier alpha value is -1.63. The molecule has 0 aromatic heterocycles. The number of carbonyl (C=O) groups is 3. The number of amides is 2. The first-order chi connectivity index (χ1) is 8.52. The Morgan fingerprint density at radius 1 is 1.06 bits per heavy atom. The molecule has 2 amide bonds. The molecule has 0 aromatic rings. The van der Waals surface area contributed by atoms with E-state index in [0.717, 1.165) is 30.6 Å². The Balaban J connectivity index is 2.04. The van der Waals surface area contributed by atoms with Crippen molar-refractivity contribution >= 4 is 17.6 Å². The van der Waals surface area contributed by atoms with Crippen molar-refractivity contribution in [1.29, 1.82) is 0 Å². The predicted molar refractivity (Wildman–Crippen MR) is 67.4 cm³/mol. The second-order valence-electron chi connectivity index (χ2n) is 4.80. The zero-order valence-electron chi connectivity index (χ0n) is 11.0. The highest BCUT2D eigenvalue weighted by molar-refractivity contribution is 6.18. The number of hydrogen-bond donors (Lipinski definition) is 0. The lowest BCUT2D eigenvalue weighted by atomic mass is 10.0. The van der Waals surface area contributed by atoms with Crippen molar-refractivity contribution in [2.75, 3.05) is 6.54 Å². The standard InChI is InChI=1S/C14H19NO3/c1-11(2)12(16)7-5-3-4-6-10-15-13(17)8-9-14(15)18/h11H,3-7,10H2,1-2H3. The van der Waals surface area contributed by atoms with Crippen molar-refractivity contribution in [3.63, 3.8) is 0 Å². The number of ketones is 1. The van der Waals surface area contributed by atoms with Gasteiger partial charge in [0.05, 0.1) is 0 Å². The van der Waals surface area contributed by atoms with Gasteiger partial charge in [0, 0.05) is 30.7 Å². The summed E-state index contributed by atoms with van der Waals surface area (Å²) >= 11 is 0. The number of imide groups is 1. The molecule has 0 bridgehead atoms. The Morgan fingerprint density at radius 3 is 2.17 bits per heavy atom. The van der Waals surface area contributed by atoms with Crippen molar-refractivity contribution in [3.05, 3.63) is 0 Å². The number of nitrogens with zero attached hydrogens (tertiary/aromatic N) is 1. The van der Waals surface area contributed by atoms with Crippen LogP contribution in [0.5, 0.6) is 0 Å². The summed E-state index contributed by atoms with van der Waals surface area (Å²) in [4.78, 5) is 34.8. The molecule has 0 atom stereocenters. The maximum Gasteiger partial charge on any atom is 0.306 e. The zero-order valence-corrected chi connectivity index (χ0v) is 11.0. The molecule has 1 aliphatic heterocycles. The number of rotatable bonds is 8. The smallest absolute Gasteiger partial charge is 0.299 e. The van der Waals surface area contributed by atoms with E-state index < -0.39 is 11.8 Å². The van der Waals surface area contributed by atoms with E-state index in [-0.39, 0.29) is 5.92 Å². The molecule has 98 valence electrons. The van der Waals surface area contributed by atoms with Gasteiger partial charge in [-0.05, 0) is 12.8 Å². The summed E-state index contributed by atoms with van der Waals surface area (Å²) in [5.74, 6) is 4.11. The third-order valence-corrected chi connectivity index (χ3v) is 2.97. The highest BCUT2D eigenvalue weighted by atomic mass is 16.2. The first-order valence-electron chi connectivity index (χ1n) is 6.42. The van der Waals surface area contributed by atoms with Crippen LogP contribution in [0.3, 0.4) is 0 Å². The van der Waals surface area contributed by atoms with E-state index >= 15 is 0 Å². The molecular weight excluding hydrogens is 230 g/mol. The topological polar surface area (TPSA) is 54.5 Å². The molecule has 0 aromatic carbocycles. The van der Waals surface area contributed by atoms with Crippen LogP contribution in [0.25, 0.3) is 0 Å². The lowest BCUT2D eigenvalue weighted by molar-refractivity contribution is -0.136. The monoisotopic (exact) mass is 249 g/mol.